The minimum Gasteiger partial charge on any atom is -1.00 e. The molecule has 0 aliphatic carbocycles. The minimum absolute atomic E-state index is 0. The number of nitrogens with two attached hydrogens (primary N) is 1. The van der Waals surface area contributed by atoms with Crippen LogP contribution in [0.2, 0.25) is 0 Å². The van der Waals surface area contributed by atoms with Crippen LogP contribution in [0.3, 0.4) is 0 Å². The molecular weight excluding hydrogens is 1990 g/mol. The van der Waals surface area contributed by atoms with E-state index in [4.69, 9.17) is 50.4 Å². The second-order valence-corrected chi connectivity index (χ2v) is 23.2. The maximum Gasteiger partial charge on any atom is 1.00 e. The van der Waals surface area contributed by atoms with Crippen molar-refractivity contribution in [2.75, 3.05) is 31.9 Å². The smallest absolute Gasteiger partial charge is 1.00 e. The van der Waals surface area contributed by atoms with Gasteiger partial charge in [0.25, 0.3) is 58.3 Å². The second kappa shape index (κ2) is 67.7. The number of ether oxygens (including phenoxy) is 3. The van der Waals surface area contributed by atoms with Gasteiger partial charge in [-0.2, -0.15) is 0 Å². The molecule has 0 aliphatic heterocycles. The van der Waals surface area contributed by atoms with Gasteiger partial charge in [0.05, 0.1) is 86.3 Å². The number of rotatable bonds is 32. The number of nitrogens with zero attached hydrogens (tertiary/aromatic N) is 6. The number of aliphatic hydroxyl groups is 2. The average molecular weight is 2070 g/mol. The van der Waals surface area contributed by atoms with Crippen LogP contribution in [-0.2, 0) is 65.8 Å². The van der Waals surface area contributed by atoms with Crippen LogP contribution in [0, 0.1) is 60.7 Å². The summed E-state index contributed by atoms with van der Waals surface area (Å²) in [5, 5.41) is 116. The second-order valence-electron chi connectivity index (χ2n) is 21.1. The molecule has 0 saturated carbocycles. The molecule has 6 aromatic carbocycles. The molecule has 0 bridgehead atoms. The van der Waals surface area contributed by atoms with Crippen molar-refractivity contribution in [3.8, 4) is 5.75 Å². The number of hydrogen-bond acceptors (Lipinski definition) is 31. The predicted molar refractivity (Wildman–Crippen MR) is 425 cm³/mol. The number of carboxylic acids is 2. The van der Waals surface area contributed by atoms with Crippen LogP contribution >= 0.6 is 77.1 Å². The number of unbranched alkanes of at least 4 members (excludes halogenated alkanes) is 1. The van der Waals surface area contributed by atoms with Crippen molar-refractivity contribution in [3.63, 3.8) is 0 Å². The number of amides is 3. The number of non-ortho nitro benzene ring substituents is 1. The molecule has 50 heteroatoms. The Balaban J connectivity index is -0.000000252. The number of benzene rings is 6. The zero-order valence-electron chi connectivity index (χ0n) is 63.5. The molecule has 9 N–H and O–H groups in total. The van der Waals surface area contributed by atoms with Crippen molar-refractivity contribution in [3.05, 3.63) is 232 Å². The Morgan fingerprint density at radius 3 is 1.10 bits per heavy atom. The van der Waals surface area contributed by atoms with E-state index in [1.807, 2.05) is 20.8 Å². The number of nitrogens with one attached hydrogen (secondary N) is 3. The molecule has 115 heavy (non-hydrogen) atoms. The maximum absolute atomic E-state index is 11.9. The Labute approximate surface area is 772 Å². The largest absolute Gasteiger partial charge is 1.00 e. The molecule has 0 heterocycles. The van der Waals surface area contributed by atoms with E-state index in [9.17, 15) is 107 Å². The van der Waals surface area contributed by atoms with Crippen LogP contribution in [0.1, 0.15) is 154 Å². The van der Waals surface area contributed by atoms with Gasteiger partial charge in [0.15, 0.2) is 0 Å². The molecule has 0 unspecified atom stereocenters. The van der Waals surface area contributed by atoms with Crippen LogP contribution in [0.15, 0.2) is 115 Å². The summed E-state index contributed by atoms with van der Waals surface area (Å²) in [6.45, 7) is 8.03. The average Bonchev–Trinajstić information content (AvgIpc) is 0.900. The van der Waals surface area contributed by atoms with E-state index in [-0.39, 0.29) is 242 Å². The molecule has 0 radical (unpaired) electrons. The Kier molecular flexibility index (Phi) is 69.8. The number of nitro benzene ring substituents is 6. The van der Waals surface area contributed by atoms with E-state index in [1.54, 1.807) is 0 Å². The van der Waals surface area contributed by atoms with Gasteiger partial charge in [-0.15, -0.1) is 24.0 Å². The fourth-order valence-corrected chi connectivity index (χ4v) is 8.71. The number of halogens is 4. The van der Waals surface area contributed by atoms with Crippen LogP contribution in [0.25, 0.3) is 0 Å². The van der Waals surface area contributed by atoms with Gasteiger partial charge in [0.2, 0.25) is 0 Å². The SMILES string of the molecule is CCCN.CCCNC(=O)c1ccc(CO)c([N+](=O)[O-])c1.CCCNC(=O)c1ccc(COC(=O)CCCCS(=O)(=O)[O-])c([N+](=O)[O-])c1.CCCNC(=O)c1ccc(COC(=O)Oc2ccc([N+](=O)[O-])cc2)c([N+](=O)[O-])c1.I.II.O=C(O)c1ccc(CBr)c([N+](=O)[O-])c1.O=C(O)c1ccc(CO)c([N+](=O)[O-])c1.O=CO[O-].[H-].[Na+].[Na+].[Na+]. The van der Waals surface area contributed by atoms with Crippen molar-refractivity contribution in [1.82, 2.24) is 16.0 Å². The van der Waals surface area contributed by atoms with E-state index in [2.05, 4.69) is 80.9 Å². The predicted octanol–water partition coefficient (Wildman–Crippen LogP) is 1.36. The summed E-state index contributed by atoms with van der Waals surface area (Å²) in [5.41, 5.74) is 4.49. The number of aromatic carboxylic acids is 2. The molecule has 6 rings (SSSR count). The van der Waals surface area contributed by atoms with Crippen LogP contribution in [0.4, 0.5) is 38.9 Å². The third-order valence-electron chi connectivity index (χ3n) is 13.1. The summed E-state index contributed by atoms with van der Waals surface area (Å²) < 4.78 is 46.0. The van der Waals surface area contributed by atoms with E-state index in [0.29, 0.717) is 30.5 Å². The van der Waals surface area contributed by atoms with Gasteiger partial charge in [-0.05, 0) is 112 Å². The van der Waals surface area contributed by atoms with Gasteiger partial charge in [-0.25, -0.2) is 22.8 Å². The molecule has 0 spiro atoms. The maximum atomic E-state index is 11.9. The first kappa shape index (κ1) is 119. The van der Waals surface area contributed by atoms with E-state index >= 15 is 0 Å². The zero-order chi connectivity index (χ0) is 84.9. The van der Waals surface area contributed by atoms with E-state index in [0.717, 1.165) is 68.6 Å². The Bertz CT molecular complexity index is 4200. The van der Waals surface area contributed by atoms with Crippen LogP contribution in [0.5, 0.6) is 5.75 Å². The van der Waals surface area contributed by atoms with Gasteiger partial charge < -0.3 is 72.4 Å². The quantitative estimate of drug-likeness (QED) is 0.00253. The Morgan fingerprint density at radius 2 is 0.817 bits per heavy atom. The number of alkyl halides is 1. The molecule has 6 aromatic rings. The summed E-state index contributed by atoms with van der Waals surface area (Å²) in [5.74, 6) is -4.86. The molecule has 616 valence electrons. The monoisotopic (exact) mass is 2070 g/mol. The fourth-order valence-electron chi connectivity index (χ4n) is 7.68. The molecule has 0 aliphatic rings. The number of aliphatic hydroxyl groups excluding tert-OH is 2. The van der Waals surface area contributed by atoms with E-state index in [1.165, 1.54) is 78.9 Å². The summed E-state index contributed by atoms with van der Waals surface area (Å²) in [6, 6.07) is 23.6. The van der Waals surface area contributed by atoms with Gasteiger partial charge in [0.1, 0.15) is 19.0 Å². The van der Waals surface area contributed by atoms with E-state index < -0.39 is 101 Å². The first-order valence-electron chi connectivity index (χ1n) is 31.7. The topological polar surface area (TPSA) is 656 Å². The third-order valence-corrected chi connectivity index (χ3v) is 14.5. The standard InChI is InChI=1S/C18H17N3O8.C16H22N2O8S.C11H14N2O4.C8H6BrNO4.C8H7NO5.C3H9N.CH2O3.I2.HI.3Na.H/c1-2-9-19-17(22)12-3-4-13(16(10-12)21(26)27)11-28-18(23)29-15-7-5-14(6-8-15)20(24)25;1-2-8-17-16(20)12-6-7-13(14(10-12)18(21)22)11-26-15(19)5-3-4-9-27(23,24)25;1-2-5-12-11(15)8-3-4-9(7-14)10(6-8)13(16)17;9-4-6-2-1-5(8(11)12)3-7(6)10(13)14;10-4-6-2-1-5(8(11)12)3-7(6)9(13)14;1-2-3-4;2-1-4-3;1-2;;;;;/h3-8,10H,2,9,11H2,1H3,(H,19,22);6-7,10H,2-5,8-9,11H2,1H3,(H,17,20)(H,23,24,25);3-4,6,14H,2,5,7H2,1H3,(H,12,15);1-3H,4H2,(H,11,12);1-3,10H,4H2,(H,11,12);2-4H2,1H3;1,3H;;1H;;;;/q;;;;;;;;;3*+1;-1/p-2. The van der Waals surface area contributed by atoms with Crippen molar-refractivity contribution in [2.45, 2.75) is 104 Å². The number of carbonyl (C=O) groups is 8. The van der Waals surface area contributed by atoms with Gasteiger partial charge in [-0.3, -0.25) is 84.7 Å². The summed E-state index contributed by atoms with van der Waals surface area (Å²) in [4.78, 5) is 152. The van der Waals surface area contributed by atoms with Crippen molar-refractivity contribution in [1.29, 1.82) is 0 Å². The molecular formula is C65H77BrI3N10Na3O32S. The first-order chi connectivity index (χ1) is 52.5. The first-order valence-corrected chi connectivity index (χ1v) is 40.7. The zero-order valence-corrected chi connectivity index (χ0v) is 77.5. The molecule has 0 atom stereocenters. The number of carboxylic acid groups (broad SMARTS) is 2. The van der Waals surface area contributed by atoms with Gasteiger partial charge >= 0.3 is 113 Å². The molecule has 0 fully saturated rings. The number of carbonyl (C=O) groups excluding carboxylic acids is 6. The van der Waals surface area contributed by atoms with Crippen molar-refractivity contribution in [2.24, 2.45) is 5.73 Å². The molecule has 42 nitrogen and oxygen atoms in total. The van der Waals surface area contributed by atoms with Gasteiger partial charge in [-0.1, -0.05) is 49.7 Å². The Hall–Kier alpha value is -7.30. The number of nitro groups is 6. The molecule has 3 amide bonds. The summed E-state index contributed by atoms with van der Waals surface area (Å²) >= 11 is 7.33. The van der Waals surface area contributed by atoms with Crippen LogP contribution < -0.4 is 120 Å². The van der Waals surface area contributed by atoms with Gasteiger partial charge in [0, 0.05) is 139 Å². The summed E-state index contributed by atoms with van der Waals surface area (Å²) in [7, 11) is -4.32. The third kappa shape index (κ3) is 49.5. The number of esters is 1. The summed E-state index contributed by atoms with van der Waals surface area (Å²) in [6.07, 6.45) is 2.27. The van der Waals surface area contributed by atoms with Crippen molar-refractivity contribution < 1.29 is 216 Å². The molecule has 0 aromatic heterocycles. The normalized spacial score (nSPS) is 9.50. The Morgan fingerprint density at radius 1 is 0.513 bits per heavy atom. The minimum atomic E-state index is -4.32. The number of hydrogen-bond donors (Lipinski definition) is 8. The van der Waals surface area contributed by atoms with Crippen LogP contribution in [-0.4, -0.2) is 143 Å². The van der Waals surface area contributed by atoms with Crippen molar-refractivity contribution >= 4 is 170 Å². The fraction of sp³-hybridized carbons (Fsp3) is 0.323. The molecule has 0 saturated heterocycles.